The quantitative estimate of drug-likeness (QED) is 0.334. The largest absolute Gasteiger partial charge is 0.368 e. The van der Waals surface area contributed by atoms with Gasteiger partial charge in [-0.25, -0.2) is 9.37 Å². The number of hydrogen-bond donors (Lipinski definition) is 3. The number of aromatic nitrogens is 2. The summed E-state index contributed by atoms with van der Waals surface area (Å²) in [5, 5.41) is 13.2. The molecule has 0 spiro atoms. The fraction of sp³-hybridized carbons (Fsp3) is 0.448. The number of amides is 1. The van der Waals surface area contributed by atoms with Crippen LogP contribution in [0, 0.1) is 17.2 Å². The third-order valence-corrected chi connectivity index (χ3v) is 11.1. The normalized spacial score (nSPS) is 25.9. The zero-order valence-corrected chi connectivity index (χ0v) is 23.6. The predicted octanol–water partition coefficient (Wildman–Crippen LogP) is 5.84. The van der Waals surface area contributed by atoms with Crippen LogP contribution in [0.25, 0.3) is 21.0 Å². The molecule has 2 aromatic heterocycles. The van der Waals surface area contributed by atoms with E-state index in [4.69, 9.17) is 4.98 Å². The van der Waals surface area contributed by atoms with E-state index < -0.39 is 28.2 Å². The molecule has 6 rings (SSSR count). The Hall–Kier alpha value is -3.04. The van der Waals surface area contributed by atoms with Gasteiger partial charge in [-0.15, -0.1) is 11.3 Å². The Morgan fingerprint density at radius 1 is 1.15 bits per heavy atom. The van der Waals surface area contributed by atoms with Crippen LogP contribution in [0.5, 0.6) is 0 Å². The Bertz CT molecular complexity index is 1410. The highest BCUT2D eigenvalue weighted by Gasteiger charge is 2.48. The summed E-state index contributed by atoms with van der Waals surface area (Å²) in [7, 11) is -2.47. The van der Waals surface area contributed by atoms with Crippen LogP contribution in [0.15, 0.2) is 48.8 Å². The molecule has 0 unspecified atom stereocenters. The molecule has 1 aromatic carbocycles. The van der Waals surface area contributed by atoms with E-state index in [2.05, 4.69) is 21.3 Å². The number of nitrogens with zero attached hydrogens (tertiary/aromatic N) is 4. The van der Waals surface area contributed by atoms with Gasteiger partial charge in [-0.05, 0) is 61.9 Å². The van der Waals surface area contributed by atoms with Crippen molar-refractivity contribution in [1.29, 1.82) is 5.26 Å². The second-order valence-corrected chi connectivity index (χ2v) is 14.4. The van der Waals surface area contributed by atoms with Crippen LogP contribution in [0.3, 0.4) is 0 Å². The molecule has 11 heteroatoms. The van der Waals surface area contributed by atoms with Crippen LogP contribution >= 0.6 is 21.9 Å². The Labute approximate surface area is 238 Å². The second kappa shape index (κ2) is 10.7. The molecule has 3 N–H and O–H groups in total. The number of rotatable bonds is 6. The molecule has 1 aliphatic heterocycles. The Morgan fingerprint density at radius 3 is 2.55 bits per heavy atom. The zero-order valence-electron chi connectivity index (χ0n) is 22.0. The topological polar surface area (TPSA) is 122 Å². The molecule has 0 radical (unpaired) electrons. The lowest BCUT2D eigenvalue weighted by molar-refractivity contribution is -0.128. The second-order valence-electron chi connectivity index (χ2n) is 11.0. The van der Waals surface area contributed by atoms with Crippen LogP contribution in [-0.2, 0) is 4.79 Å². The van der Waals surface area contributed by atoms with Crippen LogP contribution in [-0.4, -0.2) is 61.3 Å². The minimum atomic E-state index is -2.47. The number of nitriles is 1. The van der Waals surface area contributed by atoms with Crippen LogP contribution in [0.2, 0.25) is 0 Å². The Balaban J connectivity index is 1.34. The Morgan fingerprint density at radius 2 is 1.90 bits per heavy atom. The van der Waals surface area contributed by atoms with Crippen molar-refractivity contribution in [2.24, 2.45) is 5.92 Å². The molecule has 40 heavy (non-hydrogen) atoms. The molecule has 3 aliphatic rings. The highest BCUT2D eigenvalue weighted by Crippen LogP contribution is 2.47. The average molecular weight is 582 g/mol. The minimum Gasteiger partial charge on any atom is -0.368 e. The molecule has 1 saturated heterocycles. The van der Waals surface area contributed by atoms with Gasteiger partial charge in [0.2, 0.25) is 5.91 Å². The average Bonchev–Trinajstić information content (AvgIpc) is 3.60. The molecular weight excluding hydrogens is 549 g/mol. The Kier molecular flexibility index (Phi) is 7.29. The maximum absolute atomic E-state index is 14.7. The SMILES string of the molecule is N#CC1(NC(=O)[C@@H]2C[C@@H](F)CC[C@H]2c2nc(-c3cccnc3)sc2-c2ccc(N3CCS(O)(O)CC3)cc2)CC1. The number of carbonyl (C=O) groups is 1. The van der Waals surface area contributed by atoms with Gasteiger partial charge in [0.15, 0.2) is 0 Å². The number of nitrogens with one attached hydrogen (secondary N) is 1. The van der Waals surface area contributed by atoms with Crippen LogP contribution in [0.1, 0.15) is 43.7 Å². The fourth-order valence-corrected chi connectivity index (χ4v) is 8.03. The van der Waals surface area contributed by atoms with E-state index >= 15 is 0 Å². The van der Waals surface area contributed by atoms with Crippen molar-refractivity contribution in [1.82, 2.24) is 15.3 Å². The van der Waals surface area contributed by atoms with Crippen LogP contribution in [0.4, 0.5) is 10.1 Å². The van der Waals surface area contributed by atoms with Crippen molar-refractivity contribution in [3.8, 4) is 27.1 Å². The summed E-state index contributed by atoms with van der Waals surface area (Å²) >= 11 is 1.54. The maximum Gasteiger partial charge on any atom is 0.225 e. The monoisotopic (exact) mass is 581 g/mol. The van der Waals surface area contributed by atoms with Crippen molar-refractivity contribution in [3.63, 3.8) is 0 Å². The number of benzene rings is 1. The van der Waals surface area contributed by atoms with Gasteiger partial charge < -0.3 is 10.2 Å². The van der Waals surface area contributed by atoms with Crippen molar-refractivity contribution in [2.45, 2.75) is 49.7 Å². The van der Waals surface area contributed by atoms with Gasteiger partial charge in [-0.3, -0.25) is 18.9 Å². The maximum atomic E-state index is 14.7. The highest BCUT2D eigenvalue weighted by atomic mass is 32.3. The van der Waals surface area contributed by atoms with Gasteiger partial charge >= 0.3 is 0 Å². The number of hydrogen-bond acceptors (Lipinski definition) is 8. The minimum absolute atomic E-state index is 0.115. The highest BCUT2D eigenvalue weighted by molar-refractivity contribution is 8.24. The standard InChI is InChI=1S/C29H32FN5O3S2/c30-21-5-8-23(24(16-21)27(36)34-29(18-31)9-10-29)25-26(39-28(33-25)20-2-1-11-32-17-20)19-3-6-22(7-4-19)35-12-14-40(37,38)15-13-35/h1-4,6-7,11,17,21,23-24,37-38H,5,8-10,12-16H2,(H,34,36)/t21-,23+,24+/m0/s1. The van der Waals surface area contributed by atoms with Gasteiger partial charge in [0.25, 0.3) is 0 Å². The van der Waals surface area contributed by atoms with E-state index in [-0.39, 0.29) is 18.2 Å². The lowest BCUT2D eigenvalue weighted by Gasteiger charge is -2.41. The molecule has 0 bridgehead atoms. The van der Waals surface area contributed by atoms with Gasteiger partial charge in [-0.2, -0.15) is 15.9 Å². The van der Waals surface area contributed by atoms with E-state index in [0.717, 1.165) is 32.4 Å². The van der Waals surface area contributed by atoms with Crippen molar-refractivity contribution >= 4 is 33.5 Å². The number of alkyl halides is 1. The molecule has 3 heterocycles. The molecule has 3 fully saturated rings. The van der Waals surface area contributed by atoms with Crippen LogP contribution < -0.4 is 10.2 Å². The molecule has 8 nitrogen and oxygen atoms in total. The lowest BCUT2D eigenvalue weighted by Crippen LogP contribution is -2.44. The fourth-order valence-electron chi connectivity index (χ4n) is 5.67. The third kappa shape index (κ3) is 5.59. The first-order valence-corrected chi connectivity index (χ1v) is 16.3. The summed E-state index contributed by atoms with van der Waals surface area (Å²) in [6.07, 6.45) is 4.65. The van der Waals surface area contributed by atoms with Gasteiger partial charge in [0.05, 0.1) is 28.1 Å². The molecule has 2 saturated carbocycles. The van der Waals surface area contributed by atoms with E-state index in [1.807, 2.05) is 36.4 Å². The molecular formula is C29H32FN5O3S2. The summed E-state index contributed by atoms with van der Waals surface area (Å²) in [6, 6.07) is 14.2. The van der Waals surface area contributed by atoms with Gasteiger partial charge in [0.1, 0.15) is 16.7 Å². The molecule has 1 amide bonds. The smallest absolute Gasteiger partial charge is 0.225 e. The van der Waals surface area contributed by atoms with Gasteiger partial charge in [0, 0.05) is 48.6 Å². The van der Waals surface area contributed by atoms with E-state index in [1.165, 1.54) is 11.3 Å². The first-order chi connectivity index (χ1) is 19.3. The molecule has 3 atom stereocenters. The van der Waals surface area contributed by atoms with E-state index in [9.17, 15) is 23.6 Å². The lowest BCUT2D eigenvalue weighted by atomic mass is 9.75. The predicted molar refractivity (Wildman–Crippen MR) is 156 cm³/mol. The van der Waals surface area contributed by atoms with Crippen molar-refractivity contribution in [3.05, 3.63) is 54.5 Å². The summed E-state index contributed by atoms with van der Waals surface area (Å²) in [4.78, 5) is 25.8. The van der Waals surface area contributed by atoms with Crippen molar-refractivity contribution < 1.29 is 18.3 Å². The first kappa shape index (κ1) is 27.1. The number of carbonyl (C=O) groups excluding carboxylic acids is 1. The summed E-state index contributed by atoms with van der Waals surface area (Å²) in [6.45, 7) is 1.18. The van der Waals surface area contributed by atoms with Gasteiger partial charge in [-0.1, -0.05) is 12.1 Å². The molecule has 210 valence electrons. The van der Waals surface area contributed by atoms with E-state index in [1.54, 1.807) is 12.4 Å². The number of pyridine rings is 1. The number of anilines is 1. The summed E-state index contributed by atoms with van der Waals surface area (Å²) in [5.41, 5.74) is 2.83. The third-order valence-electron chi connectivity index (χ3n) is 8.23. The van der Waals surface area contributed by atoms with Crippen molar-refractivity contribution in [2.75, 3.05) is 29.5 Å². The number of halogens is 1. The van der Waals surface area contributed by atoms with E-state index in [0.29, 0.717) is 50.3 Å². The molecule has 3 aromatic rings. The molecule has 2 aliphatic carbocycles. The first-order valence-electron chi connectivity index (χ1n) is 13.6. The summed E-state index contributed by atoms with van der Waals surface area (Å²) < 4.78 is 34.6. The zero-order chi connectivity index (χ0) is 27.9. The number of thiazole rings is 1. The summed E-state index contributed by atoms with van der Waals surface area (Å²) in [5.74, 6) is -0.402.